The number of halogens is 4. The van der Waals surface area contributed by atoms with Gasteiger partial charge in [0.25, 0.3) is 0 Å². The summed E-state index contributed by atoms with van der Waals surface area (Å²) in [7, 11) is 0. The normalized spacial score (nSPS) is 25.4. The van der Waals surface area contributed by atoms with Gasteiger partial charge in [-0.3, -0.25) is 4.79 Å². The first-order valence-electron chi connectivity index (χ1n) is 7.86. The molecule has 0 aliphatic carbocycles. The quantitative estimate of drug-likeness (QED) is 0.693. The number of urea groups is 1. The van der Waals surface area contributed by atoms with Crippen LogP contribution in [-0.4, -0.2) is 28.8 Å². The highest BCUT2D eigenvalue weighted by atomic mass is 35.5. The third-order valence-electron chi connectivity index (χ3n) is 4.35. The highest BCUT2D eigenvalue weighted by Crippen LogP contribution is 2.44. The number of aliphatic hydroxyl groups is 1. The molecule has 1 heterocycles. The maximum Gasteiger partial charge on any atom is 0.437 e. The molecular formula is C18H14ClF3N2O3. The van der Waals surface area contributed by atoms with E-state index in [2.05, 4.69) is 5.32 Å². The van der Waals surface area contributed by atoms with Crippen LogP contribution in [0.3, 0.4) is 0 Å². The van der Waals surface area contributed by atoms with E-state index >= 15 is 0 Å². The Kier molecular flexibility index (Phi) is 4.88. The third kappa shape index (κ3) is 3.50. The van der Waals surface area contributed by atoms with Crippen molar-refractivity contribution in [2.24, 2.45) is 5.92 Å². The fourth-order valence-corrected chi connectivity index (χ4v) is 3.30. The standard InChI is InChI=1S/C18H14ClF3N2O3/c19-12-8-4-7-11(9-12)14-13(15(25)10-5-2-1-3-6-10)17(27,18(20,21)22)24-16(26)23-14/h1-9,13-14,27H,(H2,23,24,26)/t13-,14-,17-/m0/s1. The summed E-state index contributed by atoms with van der Waals surface area (Å²) in [5.74, 6) is -3.05. The largest absolute Gasteiger partial charge is 0.437 e. The molecule has 1 fully saturated rings. The number of ketones is 1. The van der Waals surface area contributed by atoms with Crippen molar-refractivity contribution < 1.29 is 27.9 Å². The van der Waals surface area contributed by atoms with Gasteiger partial charge in [0, 0.05) is 10.6 Å². The van der Waals surface area contributed by atoms with E-state index in [1.165, 1.54) is 53.8 Å². The first kappa shape index (κ1) is 19.2. The molecule has 0 unspecified atom stereocenters. The second kappa shape index (κ2) is 6.86. The lowest BCUT2D eigenvalue weighted by molar-refractivity contribution is -0.287. The van der Waals surface area contributed by atoms with Gasteiger partial charge in [-0.2, -0.15) is 13.2 Å². The van der Waals surface area contributed by atoms with Gasteiger partial charge in [0.1, 0.15) is 5.92 Å². The minimum absolute atomic E-state index is 0.0323. The van der Waals surface area contributed by atoms with Gasteiger partial charge < -0.3 is 15.7 Å². The van der Waals surface area contributed by atoms with Crippen molar-refractivity contribution in [1.29, 1.82) is 0 Å². The molecule has 0 radical (unpaired) electrons. The third-order valence-corrected chi connectivity index (χ3v) is 4.59. The van der Waals surface area contributed by atoms with Crippen LogP contribution in [0.4, 0.5) is 18.0 Å². The van der Waals surface area contributed by atoms with Crippen LogP contribution in [0.1, 0.15) is 22.0 Å². The van der Waals surface area contributed by atoms with Crippen LogP contribution in [0.2, 0.25) is 5.02 Å². The molecule has 9 heteroatoms. The Bertz CT molecular complexity index is 876. The number of carbonyl (C=O) groups is 2. The molecule has 1 saturated heterocycles. The molecule has 1 aliphatic heterocycles. The number of amides is 2. The molecule has 142 valence electrons. The van der Waals surface area contributed by atoms with Crippen molar-refractivity contribution in [2.75, 3.05) is 0 Å². The van der Waals surface area contributed by atoms with Crippen LogP contribution in [0.5, 0.6) is 0 Å². The zero-order chi connectivity index (χ0) is 19.8. The molecule has 5 nitrogen and oxygen atoms in total. The van der Waals surface area contributed by atoms with E-state index in [1.807, 2.05) is 0 Å². The maximum absolute atomic E-state index is 13.7. The Hall–Kier alpha value is -2.58. The van der Waals surface area contributed by atoms with Crippen LogP contribution in [0.25, 0.3) is 0 Å². The fourth-order valence-electron chi connectivity index (χ4n) is 3.10. The summed E-state index contributed by atoms with van der Waals surface area (Å²) in [4.78, 5) is 24.8. The number of Topliss-reactive ketones (excluding diaryl/α,β-unsaturated/α-hetero) is 1. The zero-order valence-electron chi connectivity index (χ0n) is 13.6. The van der Waals surface area contributed by atoms with E-state index in [4.69, 9.17) is 11.6 Å². The average molecular weight is 399 g/mol. The number of rotatable bonds is 3. The number of benzene rings is 2. The van der Waals surface area contributed by atoms with Gasteiger partial charge in [-0.25, -0.2) is 4.79 Å². The van der Waals surface area contributed by atoms with Crippen LogP contribution < -0.4 is 10.6 Å². The average Bonchev–Trinajstić information content (AvgIpc) is 2.60. The Morgan fingerprint density at radius 2 is 1.78 bits per heavy atom. The SMILES string of the molecule is O=C1N[C@@H](c2cccc(Cl)c2)[C@@H](C(=O)c2ccccc2)[C@](O)(C(F)(F)F)N1. The molecule has 3 N–H and O–H groups in total. The van der Waals surface area contributed by atoms with Gasteiger partial charge in [-0.15, -0.1) is 0 Å². The summed E-state index contributed by atoms with van der Waals surface area (Å²) >= 11 is 5.91. The highest BCUT2D eigenvalue weighted by molar-refractivity contribution is 6.30. The Labute approximate surface area is 157 Å². The van der Waals surface area contributed by atoms with E-state index < -0.39 is 35.7 Å². The number of hydrogen-bond donors (Lipinski definition) is 3. The molecule has 2 aromatic carbocycles. The number of nitrogens with one attached hydrogen (secondary N) is 2. The lowest BCUT2D eigenvalue weighted by atomic mass is 9.77. The summed E-state index contributed by atoms with van der Waals surface area (Å²) < 4.78 is 41.2. The molecule has 3 rings (SSSR count). The minimum atomic E-state index is -5.29. The summed E-state index contributed by atoms with van der Waals surface area (Å²) in [5, 5.41) is 14.4. The highest BCUT2D eigenvalue weighted by Gasteiger charge is 2.66. The fraction of sp³-hybridized carbons (Fsp3) is 0.222. The maximum atomic E-state index is 13.7. The van der Waals surface area contributed by atoms with Crippen molar-refractivity contribution in [3.8, 4) is 0 Å². The van der Waals surface area contributed by atoms with Crippen molar-refractivity contribution in [3.63, 3.8) is 0 Å². The van der Waals surface area contributed by atoms with Crippen molar-refractivity contribution in [2.45, 2.75) is 17.9 Å². The molecule has 0 saturated carbocycles. The predicted octanol–water partition coefficient (Wildman–Crippen LogP) is 3.44. The van der Waals surface area contributed by atoms with Crippen LogP contribution in [-0.2, 0) is 0 Å². The van der Waals surface area contributed by atoms with Gasteiger partial charge in [0.05, 0.1) is 6.04 Å². The van der Waals surface area contributed by atoms with Gasteiger partial charge in [0.2, 0.25) is 5.72 Å². The summed E-state index contributed by atoms with van der Waals surface area (Å²) in [6.45, 7) is 0. The molecule has 0 bridgehead atoms. The molecule has 1 aliphatic rings. The van der Waals surface area contributed by atoms with E-state index in [0.717, 1.165) is 0 Å². The van der Waals surface area contributed by atoms with E-state index in [0.29, 0.717) is 0 Å². The summed E-state index contributed by atoms with van der Waals surface area (Å²) in [5.41, 5.74) is -3.63. The number of carbonyl (C=O) groups excluding carboxylic acids is 2. The first-order valence-corrected chi connectivity index (χ1v) is 8.24. The molecule has 3 atom stereocenters. The Balaban J connectivity index is 2.17. The van der Waals surface area contributed by atoms with Crippen LogP contribution in [0, 0.1) is 5.92 Å². The topological polar surface area (TPSA) is 78.4 Å². The van der Waals surface area contributed by atoms with Crippen molar-refractivity contribution in [1.82, 2.24) is 10.6 Å². The minimum Gasteiger partial charge on any atom is -0.363 e. The summed E-state index contributed by atoms with van der Waals surface area (Å²) in [6, 6.07) is 10.3. The van der Waals surface area contributed by atoms with Crippen LogP contribution in [0.15, 0.2) is 54.6 Å². The second-order valence-electron chi connectivity index (χ2n) is 6.10. The summed E-state index contributed by atoms with van der Waals surface area (Å²) in [6.07, 6.45) is -5.29. The monoisotopic (exact) mass is 398 g/mol. The smallest absolute Gasteiger partial charge is 0.363 e. The lowest BCUT2D eigenvalue weighted by Crippen LogP contribution is -2.72. The van der Waals surface area contributed by atoms with E-state index in [1.54, 1.807) is 6.07 Å². The zero-order valence-corrected chi connectivity index (χ0v) is 14.4. The van der Waals surface area contributed by atoms with E-state index in [-0.39, 0.29) is 16.1 Å². The lowest BCUT2D eigenvalue weighted by Gasteiger charge is -2.45. The number of alkyl halides is 3. The second-order valence-corrected chi connectivity index (χ2v) is 6.54. The molecular weight excluding hydrogens is 385 g/mol. The van der Waals surface area contributed by atoms with Gasteiger partial charge in [0.15, 0.2) is 5.78 Å². The first-order chi connectivity index (χ1) is 12.6. The van der Waals surface area contributed by atoms with Crippen molar-refractivity contribution in [3.05, 3.63) is 70.7 Å². The van der Waals surface area contributed by atoms with Gasteiger partial charge in [-0.1, -0.05) is 54.1 Å². The number of hydrogen-bond acceptors (Lipinski definition) is 3. The molecule has 0 aromatic heterocycles. The molecule has 27 heavy (non-hydrogen) atoms. The molecule has 2 amide bonds. The Morgan fingerprint density at radius 1 is 1.11 bits per heavy atom. The molecule has 0 spiro atoms. The van der Waals surface area contributed by atoms with Crippen molar-refractivity contribution >= 4 is 23.4 Å². The Morgan fingerprint density at radius 3 is 2.37 bits per heavy atom. The predicted molar refractivity (Wildman–Crippen MR) is 91.1 cm³/mol. The van der Waals surface area contributed by atoms with E-state index in [9.17, 15) is 27.9 Å². The van der Waals surface area contributed by atoms with Gasteiger partial charge >= 0.3 is 12.2 Å². The van der Waals surface area contributed by atoms with Crippen LogP contribution >= 0.6 is 11.6 Å². The van der Waals surface area contributed by atoms with Gasteiger partial charge in [-0.05, 0) is 17.7 Å². The molecule has 2 aromatic rings.